The van der Waals surface area contributed by atoms with Crippen molar-refractivity contribution in [2.75, 3.05) is 11.3 Å². The van der Waals surface area contributed by atoms with Crippen molar-refractivity contribution in [2.45, 2.75) is 18.7 Å². The molecule has 0 aliphatic heterocycles. The second-order valence-corrected chi connectivity index (χ2v) is 7.11. The van der Waals surface area contributed by atoms with Crippen LogP contribution in [0.3, 0.4) is 0 Å². The Hall–Kier alpha value is -2.53. The van der Waals surface area contributed by atoms with Gasteiger partial charge in [0, 0.05) is 10.8 Å². The molecule has 0 fully saturated rings. The monoisotopic (exact) mass is 341 g/mol. The largest absolute Gasteiger partial charge is 0.493 e. The molecule has 0 atom stereocenters. The molecule has 0 amide bonds. The highest BCUT2D eigenvalue weighted by atomic mass is 32.2. The van der Waals surface area contributed by atoms with E-state index >= 15 is 0 Å². The minimum Gasteiger partial charge on any atom is -0.493 e. The summed E-state index contributed by atoms with van der Waals surface area (Å²) in [4.78, 5) is 0.241. The Morgan fingerprint density at radius 3 is 2.29 bits per heavy atom. The van der Waals surface area contributed by atoms with Crippen LogP contribution in [0.15, 0.2) is 65.6 Å². The Balaban J connectivity index is 2.12. The number of hydrogen-bond acceptors (Lipinski definition) is 3. The molecule has 0 aliphatic carbocycles. The van der Waals surface area contributed by atoms with Gasteiger partial charge in [-0.3, -0.25) is 4.72 Å². The van der Waals surface area contributed by atoms with E-state index in [0.29, 0.717) is 23.4 Å². The van der Waals surface area contributed by atoms with Gasteiger partial charge in [-0.05, 0) is 37.6 Å². The van der Waals surface area contributed by atoms with Crippen LogP contribution < -0.4 is 9.46 Å². The molecule has 0 bridgehead atoms. The number of rotatable bonds is 5. The summed E-state index contributed by atoms with van der Waals surface area (Å²) in [5.74, 6) is 0.683. The maximum Gasteiger partial charge on any atom is 0.262 e. The summed E-state index contributed by atoms with van der Waals surface area (Å²) in [6.07, 6.45) is 0. The molecule has 1 N–H and O–H groups in total. The van der Waals surface area contributed by atoms with Crippen LogP contribution in [0, 0.1) is 6.92 Å². The molecule has 24 heavy (non-hydrogen) atoms. The third kappa shape index (κ3) is 3.08. The fourth-order valence-corrected chi connectivity index (χ4v) is 3.99. The molecule has 0 aliphatic rings. The number of benzene rings is 3. The van der Waals surface area contributed by atoms with Crippen molar-refractivity contribution >= 4 is 26.5 Å². The van der Waals surface area contributed by atoms with Gasteiger partial charge in [0.2, 0.25) is 0 Å². The standard InChI is InChI=1S/C19H19NO3S/c1-3-23-18-12-13-19(16-10-6-5-9-15(16)18)24(21,22)20-17-11-7-4-8-14(17)2/h4-13,20H,3H2,1-2H3. The molecule has 3 aromatic rings. The number of para-hydroxylation sites is 1. The highest BCUT2D eigenvalue weighted by Gasteiger charge is 2.19. The van der Waals surface area contributed by atoms with E-state index in [9.17, 15) is 8.42 Å². The predicted molar refractivity (Wildman–Crippen MR) is 97.1 cm³/mol. The summed E-state index contributed by atoms with van der Waals surface area (Å²) < 4.78 is 34.1. The maximum absolute atomic E-state index is 12.9. The highest BCUT2D eigenvalue weighted by Crippen LogP contribution is 2.32. The number of sulfonamides is 1. The van der Waals surface area contributed by atoms with Crippen molar-refractivity contribution in [2.24, 2.45) is 0 Å². The number of nitrogens with one attached hydrogen (secondary N) is 1. The van der Waals surface area contributed by atoms with Crippen LogP contribution in [0.5, 0.6) is 5.75 Å². The topological polar surface area (TPSA) is 55.4 Å². The van der Waals surface area contributed by atoms with Crippen LogP contribution in [0.4, 0.5) is 5.69 Å². The summed E-state index contributed by atoms with van der Waals surface area (Å²) in [6.45, 7) is 4.30. The first-order chi connectivity index (χ1) is 11.5. The lowest BCUT2D eigenvalue weighted by Crippen LogP contribution is -2.14. The smallest absolute Gasteiger partial charge is 0.262 e. The highest BCUT2D eigenvalue weighted by molar-refractivity contribution is 7.93. The molecule has 0 saturated carbocycles. The number of anilines is 1. The second kappa shape index (κ2) is 6.53. The van der Waals surface area contributed by atoms with Crippen molar-refractivity contribution in [1.82, 2.24) is 0 Å². The molecule has 3 rings (SSSR count). The van der Waals surface area contributed by atoms with Crippen LogP contribution >= 0.6 is 0 Å². The average molecular weight is 341 g/mol. The summed E-state index contributed by atoms with van der Waals surface area (Å²) in [5.41, 5.74) is 1.45. The van der Waals surface area contributed by atoms with Crippen LogP contribution in [-0.4, -0.2) is 15.0 Å². The van der Waals surface area contributed by atoms with E-state index < -0.39 is 10.0 Å². The molecular formula is C19H19NO3S. The lowest BCUT2D eigenvalue weighted by Gasteiger charge is -2.14. The van der Waals surface area contributed by atoms with Crippen LogP contribution in [-0.2, 0) is 10.0 Å². The third-order valence-electron chi connectivity index (χ3n) is 3.82. The van der Waals surface area contributed by atoms with Gasteiger partial charge < -0.3 is 4.74 Å². The zero-order chi connectivity index (χ0) is 17.2. The molecule has 124 valence electrons. The summed E-state index contributed by atoms with van der Waals surface area (Å²) in [7, 11) is -3.70. The Morgan fingerprint density at radius 2 is 1.58 bits per heavy atom. The molecule has 0 spiro atoms. The zero-order valence-electron chi connectivity index (χ0n) is 13.6. The van der Waals surface area contributed by atoms with Gasteiger partial charge in [-0.15, -0.1) is 0 Å². The molecule has 0 aromatic heterocycles. The second-order valence-electron chi connectivity index (χ2n) is 5.46. The number of ether oxygens (including phenoxy) is 1. The maximum atomic E-state index is 12.9. The molecule has 0 radical (unpaired) electrons. The van der Waals surface area contributed by atoms with Gasteiger partial charge in [-0.25, -0.2) is 8.42 Å². The molecular weight excluding hydrogens is 322 g/mol. The molecule has 0 heterocycles. The van der Waals surface area contributed by atoms with Gasteiger partial charge in [0.25, 0.3) is 10.0 Å². The average Bonchev–Trinajstić information content (AvgIpc) is 2.57. The van der Waals surface area contributed by atoms with E-state index in [-0.39, 0.29) is 4.90 Å². The molecule has 4 nitrogen and oxygen atoms in total. The minimum absolute atomic E-state index is 0.241. The zero-order valence-corrected chi connectivity index (χ0v) is 14.4. The summed E-state index contributed by atoms with van der Waals surface area (Å²) >= 11 is 0. The van der Waals surface area contributed by atoms with Gasteiger partial charge in [0.05, 0.1) is 17.2 Å². The van der Waals surface area contributed by atoms with E-state index in [0.717, 1.165) is 10.9 Å². The first-order valence-electron chi connectivity index (χ1n) is 7.76. The van der Waals surface area contributed by atoms with E-state index in [2.05, 4.69) is 4.72 Å². The fourth-order valence-electron chi connectivity index (χ4n) is 2.65. The Kier molecular flexibility index (Phi) is 4.44. The first kappa shape index (κ1) is 16.3. The summed E-state index contributed by atoms with van der Waals surface area (Å²) in [6, 6.07) is 18.0. The number of hydrogen-bond donors (Lipinski definition) is 1. The predicted octanol–water partition coefficient (Wildman–Crippen LogP) is 4.35. The third-order valence-corrected chi connectivity index (χ3v) is 5.25. The molecule has 3 aromatic carbocycles. The minimum atomic E-state index is -3.70. The first-order valence-corrected chi connectivity index (χ1v) is 9.24. The van der Waals surface area contributed by atoms with E-state index in [1.165, 1.54) is 0 Å². The molecule has 0 saturated heterocycles. The normalized spacial score (nSPS) is 11.4. The van der Waals surface area contributed by atoms with E-state index in [4.69, 9.17) is 4.74 Å². The van der Waals surface area contributed by atoms with Gasteiger partial charge in [0.1, 0.15) is 5.75 Å². The number of fused-ring (bicyclic) bond motifs is 1. The lowest BCUT2D eigenvalue weighted by molar-refractivity contribution is 0.344. The Bertz CT molecular complexity index is 981. The van der Waals surface area contributed by atoms with Crippen molar-refractivity contribution in [1.29, 1.82) is 0 Å². The quantitative estimate of drug-likeness (QED) is 0.751. The molecule has 5 heteroatoms. The van der Waals surface area contributed by atoms with Crippen molar-refractivity contribution in [3.63, 3.8) is 0 Å². The SMILES string of the molecule is CCOc1ccc(S(=O)(=O)Nc2ccccc2C)c2ccccc12. The lowest BCUT2D eigenvalue weighted by atomic mass is 10.1. The van der Waals surface area contributed by atoms with E-state index in [1.807, 2.05) is 44.2 Å². The van der Waals surface area contributed by atoms with E-state index in [1.54, 1.807) is 30.3 Å². The Labute approximate surface area is 142 Å². The fraction of sp³-hybridized carbons (Fsp3) is 0.158. The van der Waals surface area contributed by atoms with Crippen LogP contribution in [0.2, 0.25) is 0 Å². The van der Waals surface area contributed by atoms with Crippen molar-refractivity contribution in [3.8, 4) is 5.75 Å². The molecule has 0 unspecified atom stereocenters. The van der Waals surface area contributed by atoms with Crippen molar-refractivity contribution in [3.05, 3.63) is 66.2 Å². The van der Waals surface area contributed by atoms with Gasteiger partial charge in [0.15, 0.2) is 0 Å². The van der Waals surface area contributed by atoms with Gasteiger partial charge >= 0.3 is 0 Å². The Morgan fingerprint density at radius 1 is 0.917 bits per heavy atom. The number of aryl methyl sites for hydroxylation is 1. The van der Waals surface area contributed by atoms with Gasteiger partial charge in [-0.2, -0.15) is 0 Å². The van der Waals surface area contributed by atoms with Gasteiger partial charge in [-0.1, -0.05) is 42.5 Å². The van der Waals surface area contributed by atoms with Crippen LogP contribution in [0.1, 0.15) is 12.5 Å². The summed E-state index contributed by atoms with van der Waals surface area (Å²) in [5, 5.41) is 1.43. The van der Waals surface area contributed by atoms with Crippen molar-refractivity contribution < 1.29 is 13.2 Å². The van der Waals surface area contributed by atoms with Crippen LogP contribution in [0.25, 0.3) is 10.8 Å².